The van der Waals surface area contributed by atoms with Gasteiger partial charge in [0.1, 0.15) is 4.83 Å². The summed E-state index contributed by atoms with van der Waals surface area (Å²) in [6.07, 6.45) is -4.03. The number of aliphatic hydroxyl groups is 1. The normalized spacial score (nSPS) is 16.8. The molecule has 0 aromatic carbocycles. The third kappa shape index (κ3) is 4.70. The molecule has 172 valence electrons. The third-order valence-corrected chi connectivity index (χ3v) is 6.82. The molecular formula is C19H24F3N3O5S. The fraction of sp³-hybridized carbons (Fsp3) is 0.632. The number of halogens is 3. The second-order valence-corrected chi connectivity index (χ2v) is 8.80. The molecule has 0 saturated carbocycles. The number of hydrogen-bond acceptors (Lipinski definition) is 6. The molecule has 31 heavy (non-hydrogen) atoms. The molecule has 2 aromatic rings. The summed E-state index contributed by atoms with van der Waals surface area (Å²) in [6, 6.07) is 0. The predicted molar refractivity (Wildman–Crippen MR) is 109 cm³/mol. The van der Waals surface area contributed by atoms with Gasteiger partial charge >= 0.3 is 12.1 Å². The summed E-state index contributed by atoms with van der Waals surface area (Å²) in [5, 5.41) is 10.2. The van der Waals surface area contributed by atoms with Gasteiger partial charge in [0, 0.05) is 19.6 Å². The van der Waals surface area contributed by atoms with Crippen molar-refractivity contribution >= 4 is 27.5 Å². The standard InChI is InChI=1S/C19H24F3N3O5S/c1-4-24-14(26)12-11(2)13(15(27)23-7-5-18(3,29)6-8-23)31-16(12)25(17(24)28)9-10-30-19(20,21)22/h29H,4-10H2,1-3H3. The van der Waals surface area contributed by atoms with Crippen molar-refractivity contribution in [2.75, 3.05) is 19.7 Å². The molecule has 1 amide bonds. The molecule has 1 saturated heterocycles. The number of alkyl halides is 3. The third-order valence-electron chi connectivity index (χ3n) is 5.51. The van der Waals surface area contributed by atoms with Crippen LogP contribution in [-0.2, 0) is 17.8 Å². The van der Waals surface area contributed by atoms with Gasteiger partial charge in [0.25, 0.3) is 11.5 Å². The fourth-order valence-electron chi connectivity index (χ4n) is 3.66. The number of aryl methyl sites for hydroxylation is 1. The zero-order chi connectivity index (χ0) is 23.1. The lowest BCUT2D eigenvalue weighted by atomic mass is 9.94. The lowest BCUT2D eigenvalue weighted by Gasteiger charge is -2.35. The maximum atomic E-state index is 13.1. The van der Waals surface area contributed by atoms with Crippen LogP contribution in [0.1, 0.15) is 41.9 Å². The average molecular weight is 463 g/mol. The highest BCUT2D eigenvalue weighted by Gasteiger charge is 2.33. The first-order valence-corrected chi connectivity index (χ1v) is 10.7. The first-order valence-electron chi connectivity index (χ1n) is 9.85. The molecule has 8 nitrogen and oxygen atoms in total. The van der Waals surface area contributed by atoms with Crippen molar-refractivity contribution in [2.24, 2.45) is 0 Å². The Morgan fingerprint density at radius 1 is 1.23 bits per heavy atom. The Labute approximate surface area is 179 Å². The van der Waals surface area contributed by atoms with Gasteiger partial charge in [-0.1, -0.05) is 0 Å². The minimum atomic E-state index is -4.84. The SMILES string of the molecule is CCn1c(=O)c2c(C)c(C(=O)N3CCC(C)(O)CC3)sc2n(CCOC(F)(F)F)c1=O. The van der Waals surface area contributed by atoms with Crippen LogP contribution in [0, 0.1) is 6.92 Å². The molecule has 0 aliphatic carbocycles. The van der Waals surface area contributed by atoms with Gasteiger partial charge in [0.15, 0.2) is 0 Å². The van der Waals surface area contributed by atoms with E-state index in [4.69, 9.17) is 0 Å². The Hall–Kier alpha value is -2.18. The number of carbonyl (C=O) groups excluding carboxylic acids is 1. The molecule has 1 N–H and O–H groups in total. The van der Waals surface area contributed by atoms with E-state index in [2.05, 4.69) is 4.74 Å². The number of carbonyl (C=O) groups is 1. The van der Waals surface area contributed by atoms with Crippen LogP contribution in [0.5, 0.6) is 0 Å². The first kappa shape index (κ1) is 23.5. The minimum absolute atomic E-state index is 0.0352. The van der Waals surface area contributed by atoms with Gasteiger partial charge < -0.3 is 10.0 Å². The van der Waals surface area contributed by atoms with Gasteiger partial charge in [-0.25, -0.2) is 4.79 Å². The lowest BCUT2D eigenvalue weighted by molar-refractivity contribution is -0.325. The van der Waals surface area contributed by atoms with Crippen molar-refractivity contribution in [3.05, 3.63) is 31.3 Å². The Bertz CT molecular complexity index is 1110. The number of hydrogen-bond donors (Lipinski definition) is 1. The zero-order valence-corrected chi connectivity index (χ0v) is 18.2. The first-order chi connectivity index (χ1) is 14.4. The summed E-state index contributed by atoms with van der Waals surface area (Å²) in [4.78, 5) is 40.7. The van der Waals surface area contributed by atoms with Crippen LogP contribution in [-0.4, -0.2) is 56.7 Å². The summed E-state index contributed by atoms with van der Waals surface area (Å²) < 4.78 is 42.9. The van der Waals surface area contributed by atoms with E-state index < -0.39 is 36.4 Å². The second kappa shape index (κ2) is 8.40. The monoisotopic (exact) mass is 463 g/mol. The number of piperidine rings is 1. The average Bonchev–Trinajstić information content (AvgIpc) is 3.01. The summed E-state index contributed by atoms with van der Waals surface area (Å²) in [5.41, 5.74) is -1.79. The molecule has 1 aliphatic heterocycles. The van der Waals surface area contributed by atoms with Gasteiger partial charge in [0.2, 0.25) is 0 Å². The summed E-state index contributed by atoms with van der Waals surface area (Å²) >= 11 is 0.917. The smallest absolute Gasteiger partial charge is 0.390 e. The molecular weight excluding hydrogens is 439 g/mol. The van der Waals surface area contributed by atoms with Gasteiger partial charge in [-0.05, 0) is 39.2 Å². The fourth-order valence-corrected chi connectivity index (χ4v) is 4.95. The number of rotatable bonds is 5. The van der Waals surface area contributed by atoms with Crippen molar-refractivity contribution in [3.63, 3.8) is 0 Å². The van der Waals surface area contributed by atoms with Crippen LogP contribution in [0.4, 0.5) is 13.2 Å². The molecule has 3 rings (SSSR count). The van der Waals surface area contributed by atoms with E-state index in [0.29, 0.717) is 31.5 Å². The van der Waals surface area contributed by atoms with Crippen molar-refractivity contribution < 1.29 is 27.8 Å². The number of likely N-dealkylation sites (tertiary alicyclic amines) is 1. The highest BCUT2D eigenvalue weighted by Crippen LogP contribution is 2.31. The van der Waals surface area contributed by atoms with E-state index in [9.17, 15) is 32.7 Å². The van der Waals surface area contributed by atoms with Crippen molar-refractivity contribution in [1.82, 2.24) is 14.0 Å². The van der Waals surface area contributed by atoms with Gasteiger partial charge in [-0.15, -0.1) is 24.5 Å². The quantitative estimate of drug-likeness (QED) is 0.733. The molecule has 1 fully saturated rings. The second-order valence-electron chi connectivity index (χ2n) is 7.80. The molecule has 0 unspecified atom stereocenters. The van der Waals surface area contributed by atoms with Gasteiger partial charge in [-0.2, -0.15) is 0 Å². The van der Waals surface area contributed by atoms with Crippen LogP contribution in [0.3, 0.4) is 0 Å². The molecule has 0 bridgehead atoms. The van der Waals surface area contributed by atoms with E-state index in [1.54, 1.807) is 25.7 Å². The van der Waals surface area contributed by atoms with Crippen LogP contribution >= 0.6 is 11.3 Å². The number of thiophene rings is 1. The molecule has 3 heterocycles. The number of fused-ring (bicyclic) bond motifs is 1. The molecule has 0 radical (unpaired) electrons. The van der Waals surface area contributed by atoms with Crippen molar-refractivity contribution in [1.29, 1.82) is 0 Å². The van der Waals surface area contributed by atoms with E-state index >= 15 is 0 Å². The van der Waals surface area contributed by atoms with Gasteiger partial charge in [0.05, 0.1) is 29.0 Å². The highest BCUT2D eigenvalue weighted by molar-refractivity contribution is 7.20. The van der Waals surface area contributed by atoms with E-state index in [1.165, 1.54) is 0 Å². The van der Waals surface area contributed by atoms with Crippen molar-refractivity contribution in [3.8, 4) is 0 Å². The Kier molecular flexibility index (Phi) is 6.36. The highest BCUT2D eigenvalue weighted by atomic mass is 32.1. The largest absolute Gasteiger partial charge is 0.522 e. The summed E-state index contributed by atoms with van der Waals surface area (Å²) in [6.45, 7) is 4.36. The van der Waals surface area contributed by atoms with Crippen LogP contribution in [0.25, 0.3) is 10.2 Å². The van der Waals surface area contributed by atoms with Crippen LogP contribution < -0.4 is 11.2 Å². The van der Waals surface area contributed by atoms with E-state index in [0.717, 1.165) is 20.5 Å². The van der Waals surface area contributed by atoms with Crippen LogP contribution in [0.15, 0.2) is 9.59 Å². The number of aromatic nitrogens is 2. The number of ether oxygens (including phenoxy) is 1. The van der Waals surface area contributed by atoms with Crippen LogP contribution in [0.2, 0.25) is 0 Å². The minimum Gasteiger partial charge on any atom is -0.390 e. The maximum absolute atomic E-state index is 13.1. The Morgan fingerprint density at radius 2 is 1.84 bits per heavy atom. The molecule has 2 aromatic heterocycles. The Balaban J connectivity index is 2.06. The van der Waals surface area contributed by atoms with E-state index in [1.807, 2.05) is 0 Å². The van der Waals surface area contributed by atoms with E-state index in [-0.39, 0.29) is 27.5 Å². The molecule has 0 spiro atoms. The lowest BCUT2D eigenvalue weighted by Crippen LogP contribution is -2.45. The molecule has 0 atom stereocenters. The zero-order valence-electron chi connectivity index (χ0n) is 17.4. The van der Waals surface area contributed by atoms with Crippen molar-refractivity contribution in [2.45, 2.75) is 58.7 Å². The number of nitrogens with zero attached hydrogens (tertiary/aromatic N) is 3. The maximum Gasteiger partial charge on any atom is 0.522 e. The Morgan fingerprint density at radius 3 is 2.39 bits per heavy atom. The molecule has 1 aliphatic rings. The summed E-state index contributed by atoms with van der Waals surface area (Å²) in [7, 11) is 0. The van der Waals surface area contributed by atoms with Gasteiger partial charge in [-0.3, -0.25) is 23.5 Å². The predicted octanol–water partition coefficient (Wildman–Crippen LogP) is 2.08. The topological polar surface area (TPSA) is 93.8 Å². The summed E-state index contributed by atoms with van der Waals surface area (Å²) in [5.74, 6) is -0.331. The number of amides is 1. The molecule has 12 heteroatoms.